The van der Waals surface area contributed by atoms with Crippen LogP contribution in [0.5, 0.6) is 0 Å². The third-order valence-electron chi connectivity index (χ3n) is 3.46. The van der Waals surface area contributed by atoms with E-state index in [1.54, 1.807) is 0 Å². The Morgan fingerprint density at radius 2 is 1.61 bits per heavy atom. The number of amides is 1. The predicted molar refractivity (Wildman–Crippen MR) is 85.4 cm³/mol. The van der Waals surface area contributed by atoms with E-state index in [4.69, 9.17) is 19.8 Å². The number of hydrogen-bond acceptors (Lipinski definition) is 4. The lowest BCUT2D eigenvalue weighted by molar-refractivity contribution is -0.159. The first kappa shape index (κ1) is 18.6. The van der Waals surface area contributed by atoms with Gasteiger partial charge in [-0.3, -0.25) is 4.79 Å². The second-order valence-corrected chi connectivity index (χ2v) is 5.04. The number of carbonyl (C=O) groups excluding carboxylic acids is 1. The monoisotopic (exact) mass is 322 g/mol. The summed E-state index contributed by atoms with van der Waals surface area (Å²) in [6.07, 6.45) is 2.65. The van der Waals surface area contributed by atoms with Gasteiger partial charge in [-0.25, -0.2) is 9.59 Å². The van der Waals surface area contributed by atoms with Gasteiger partial charge in [0.05, 0.1) is 0 Å². The Kier molecular flexibility index (Phi) is 7.76. The number of para-hydroxylation sites is 1. The third-order valence-corrected chi connectivity index (χ3v) is 3.46. The van der Waals surface area contributed by atoms with Crippen LogP contribution in [0.2, 0.25) is 0 Å². The first-order valence-electron chi connectivity index (χ1n) is 7.51. The number of nitrogens with one attached hydrogen (secondary N) is 1. The lowest BCUT2D eigenvalue weighted by Gasteiger charge is -2.34. The molecule has 1 aliphatic heterocycles. The van der Waals surface area contributed by atoms with Crippen LogP contribution in [0.1, 0.15) is 26.2 Å². The Balaban J connectivity index is 0.000000379. The number of hydrogen-bond donors (Lipinski definition) is 3. The topological polar surface area (TPSA) is 107 Å². The number of rotatable bonds is 3. The first-order chi connectivity index (χ1) is 11.0. The van der Waals surface area contributed by atoms with E-state index in [0.717, 1.165) is 31.6 Å². The van der Waals surface area contributed by atoms with Crippen LogP contribution < -0.4 is 10.2 Å². The molecule has 1 aromatic carbocycles. The Morgan fingerprint density at radius 1 is 1.09 bits per heavy atom. The molecule has 2 rings (SSSR count). The van der Waals surface area contributed by atoms with E-state index in [2.05, 4.69) is 5.32 Å². The molecular weight excluding hydrogens is 300 g/mol. The van der Waals surface area contributed by atoms with Gasteiger partial charge in [0.15, 0.2) is 0 Å². The Hall–Kier alpha value is -2.41. The van der Waals surface area contributed by atoms with E-state index >= 15 is 0 Å². The summed E-state index contributed by atoms with van der Waals surface area (Å²) >= 11 is 0. The highest BCUT2D eigenvalue weighted by Gasteiger charge is 2.25. The zero-order valence-corrected chi connectivity index (χ0v) is 13.1. The Labute approximate surface area is 134 Å². The van der Waals surface area contributed by atoms with Gasteiger partial charge in [-0.15, -0.1) is 0 Å². The molecule has 0 radical (unpaired) electrons. The summed E-state index contributed by atoms with van der Waals surface area (Å²) in [5, 5.41) is 18.1. The number of carbonyl (C=O) groups is 3. The maximum atomic E-state index is 12.1. The molecule has 1 aromatic rings. The van der Waals surface area contributed by atoms with Gasteiger partial charge >= 0.3 is 11.9 Å². The molecule has 23 heavy (non-hydrogen) atoms. The fourth-order valence-corrected chi connectivity index (χ4v) is 2.38. The summed E-state index contributed by atoms with van der Waals surface area (Å²) in [7, 11) is 0. The fraction of sp³-hybridized carbons (Fsp3) is 0.438. The molecule has 0 unspecified atom stereocenters. The summed E-state index contributed by atoms with van der Waals surface area (Å²) in [6.45, 7) is 3.94. The average molecular weight is 322 g/mol. The summed E-state index contributed by atoms with van der Waals surface area (Å²) in [6, 6.07) is 10.4. The summed E-state index contributed by atoms with van der Waals surface area (Å²) in [5.74, 6) is -3.42. The largest absolute Gasteiger partial charge is 0.473 e. The van der Waals surface area contributed by atoms with Gasteiger partial charge in [0.1, 0.15) is 0 Å². The highest BCUT2D eigenvalue weighted by molar-refractivity contribution is 6.27. The Bertz CT molecular complexity index is 515. The zero-order chi connectivity index (χ0) is 17.2. The molecule has 7 heteroatoms. The molecule has 1 amide bonds. The zero-order valence-electron chi connectivity index (χ0n) is 13.1. The minimum Gasteiger partial charge on any atom is -0.473 e. The smallest absolute Gasteiger partial charge is 0.414 e. The van der Waals surface area contributed by atoms with Gasteiger partial charge in [-0.2, -0.15) is 0 Å². The fourth-order valence-electron chi connectivity index (χ4n) is 2.38. The number of carboxylic acids is 2. The number of aliphatic carboxylic acids is 2. The van der Waals surface area contributed by atoms with Crippen LogP contribution in [-0.4, -0.2) is 47.2 Å². The van der Waals surface area contributed by atoms with Crippen LogP contribution >= 0.6 is 0 Å². The van der Waals surface area contributed by atoms with Crippen molar-refractivity contribution in [2.75, 3.05) is 18.0 Å². The van der Waals surface area contributed by atoms with E-state index in [1.807, 2.05) is 42.2 Å². The van der Waals surface area contributed by atoms with E-state index in [-0.39, 0.29) is 5.91 Å². The summed E-state index contributed by atoms with van der Waals surface area (Å²) in [5.41, 5.74) is 1.03. The molecule has 0 saturated carbocycles. The Morgan fingerprint density at radius 3 is 2.04 bits per heavy atom. The highest BCUT2D eigenvalue weighted by Crippen LogP contribution is 2.22. The standard InChI is InChI=1S/C14H20N2O.C2H2O4/c1-2-14(17)16(12-6-4-3-5-7-12)13-8-10-15-11-9-13;3-1(4)2(5)6/h3-7,13,15H,2,8-11H2,1H3;(H,3,4)(H,5,6). The molecule has 126 valence electrons. The minimum atomic E-state index is -1.82. The van der Waals surface area contributed by atoms with Crippen molar-refractivity contribution in [1.29, 1.82) is 0 Å². The van der Waals surface area contributed by atoms with Gasteiger partial charge in [0.25, 0.3) is 0 Å². The number of benzene rings is 1. The first-order valence-corrected chi connectivity index (χ1v) is 7.51. The van der Waals surface area contributed by atoms with Crippen molar-refractivity contribution in [2.45, 2.75) is 32.2 Å². The quantitative estimate of drug-likeness (QED) is 0.725. The maximum Gasteiger partial charge on any atom is 0.414 e. The molecule has 0 bridgehead atoms. The molecule has 1 aliphatic rings. The molecule has 1 fully saturated rings. The SMILES string of the molecule is CCC(=O)N(c1ccccc1)C1CCNCC1.O=C(O)C(=O)O. The molecule has 0 spiro atoms. The minimum absolute atomic E-state index is 0.225. The molecule has 7 nitrogen and oxygen atoms in total. The van der Waals surface area contributed by atoms with Crippen molar-refractivity contribution in [3.05, 3.63) is 30.3 Å². The van der Waals surface area contributed by atoms with Crippen molar-refractivity contribution in [2.24, 2.45) is 0 Å². The molecule has 0 atom stereocenters. The van der Waals surface area contributed by atoms with Crippen molar-refractivity contribution >= 4 is 23.5 Å². The summed E-state index contributed by atoms with van der Waals surface area (Å²) in [4.78, 5) is 32.3. The summed E-state index contributed by atoms with van der Waals surface area (Å²) < 4.78 is 0. The van der Waals surface area contributed by atoms with Crippen LogP contribution in [0.3, 0.4) is 0 Å². The van der Waals surface area contributed by atoms with Crippen LogP contribution in [0.15, 0.2) is 30.3 Å². The lowest BCUT2D eigenvalue weighted by Crippen LogP contribution is -2.46. The maximum absolute atomic E-state index is 12.1. The molecule has 0 aromatic heterocycles. The van der Waals surface area contributed by atoms with Gasteiger partial charge in [0.2, 0.25) is 5.91 Å². The average Bonchev–Trinajstić information content (AvgIpc) is 2.57. The molecule has 1 saturated heterocycles. The number of piperidine rings is 1. The van der Waals surface area contributed by atoms with Gasteiger partial charge in [-0.1, -0.05) is 25.1 Å². The van der Waals surface area contributed by atoms with Crippen molar-refractivity contribution in [3.8, 4) is 0 Å². The molecule has 0 aliphatic carbocycles. The number of carboxylic acid groups (broad SMARTS) is 2. The second kappa shape index (κ2) is 9.58. The molecule has 1 heterocycles. The van der Waals surface area contributed by atoms with Crippen LogP contribution in [0.4, 0.5) is 5.69 Å². The van der Waals surface area contributed by atoms with Gasteiger partial charge in [0, 0.05) is 18.2 Å². The normalized spacial score (nSPS) is 14.3. The number of anilines is 1. The van der Waals surface area contributed by atoms with E-state index < -0.39 is 11.9 Å². The van der Waals surface area contributed by atoms with Crippen molar-refractivity contribution in [3.63, 3.8) is 0 Å². The number of nitrogens with zero attached hydrogens (tertiary/aromatic N) is 1. The van der Waals surface area contributed by atoms with Crippen LogP contribution in [0.25, 0.3) is 0 Å². The predicted octanol–water partition coefficient (Wildman–Crippen LogP) is 1.34. The molecular formula is C16H22N2O5. The van der Waals surface area contributed by atoms with Crippen LogP contribution in [-0.2, 0) is 14.4 Å². The van der Waals surface area contributed by atoms with Crippen molar-refractivity contribution in [1.82, 2.24) is 5.32 Å². The van der Waals surface area contributed by atoms with E-state index in [9.17, 15) is 4.79 Å². The third kappa shape index (κ3) is 6.07. The second-order valence-electron chi connectivity index (χ2n) is 5.04. The van der Waals surface area contributed by atoms with Gasteiger partial charge in [-0.05, 0) is 38.1 Å². The lowest BCUT2D eigenvalue weighted by atomic mass is 10.0. The van der Waals surface area contributed by atoms with Gasteiger partial charge < -0.3 is 20.4 Å². The highest BCUT2D eigenvalue weighted by atomic mass is 16.4. The molecule has 3 N–H and O–H groups in total. The van der Waals surface area contributed by atoms with E-state index in [0.29, 0.717) is 12.5 Å². The van der Waals surface area contributed by atoms with Crippen molar-refractivity contribution < 1.29 is 24.6 Å². The van der Waals surface area contributed by atoms with Crippen LogP contribution in [0, 0.1) is 0 Å². The van der Waals surface area contributed by atoms with E-state index in [1.165, 1.54) is 0 Å².